The lowest BCUT2D eigenvalue weighted by atomic mass is 10.1. The lowest BCUT2D eigenvalue weighted by Gasteiger charge is -2.08. The molecule has 0 aliphatic heterocycles. The maximum atomic E-state index is 13.0. The Hall–Kier alpha value is -1.75. The summed E-state index contributed by atoms with van der Waals surface area (Å²) in [5.74, 6) is 1.15. The standard InChI is InChI=1S/C13H14ClFN4/c1-7(2)12-17-11(18-13(16)19-12)5-8-3-4-9(15)6-10(8)14/h3-4,6-7H,5H2,1-2H3,(H2,16,17,18,19). The van der Waals surface area contributed by atoms with Crippen LogP contribution < -0.4 is 5.73 Å². The number of anilines is 1. The molecule has 0 amide bonds. The number of halogens is 2. The van der Waals surface area contributed by atoms with Crippen LogP contribution in [0.15, 0.2) is 18.2 Å². The van der Waals surface area contributed by atoms with E-state index in [9.17, 15) is 4.39 Å². The predicted octanol–water partition coefficient (Wildman–Crippen LogP) is 2.96. The first-order valence-electron chi connectivity index (χ1n) is 5.90. The summed E-state index contributed by atoms with van der Waals surface area (Å²) in [4.78, 5) is 12.5. The second kappa shape index (κ2) is 5.48. The fourth-order valence-corrected chi connectivity index (χ4v) is 1.86. The van der Waals surface area contributed by atoms with Crippen molar-refractivity contribution in [1.29, 1.82) is 0 Å². The molecule has 19 heavy (non-hydrogen) atoms. The first kappa shape index (κ1) is 13.7. The van der Waals surface area contributed by atoms with E-state index in [2.05, 4.69) is 15.0 Å². The topological polar surface area (TPSA) is 64.7 Å². The first-order chi connectivity index (χ1) is 8.95. The lowest BCUT2D eigenvalue weighted by Crippen LogP contribution is -2.09. The summed E-state index contributed by atoms with van der Waals surface area (Å²) in [5.41, 5.74) is 6.41. The van der Waals surface area contributed by atoms with E-state index >= 15 is 0 Å². The molecular weight excluding hydrogens is 267 g/mol. The number of nitrogens with zero attached hydrogens (tertiary/aromatic N) is 3. The van der Waals surface area contributed by atoms with E-state index in [4.69, 9.17) is 17.3 Å². The molecule has 0 aliphatic rings. The van der Waals surface area contributed by atoms with Crippen LogP contribution in [0.2, 0.25) is 5.02 Å². The van der Waals surface area contributed by atoms with Gasteiger partial charge in [0.25, 0.3) is 0 Å². The molecule has 2 rings (SSSR count). The Morgan fingerprint density at radius 3 is 2.63 bits per heavy atom. The predicted molar refractivity (Wildman–Crippen MR) is 72.5 cm³/mol. The average molecular weight is 281 g/mol. The molecule has 0 spiro atoms. The number of hydrogen-bond donors (Lipinski definition) is 1. The van der Waals surface area contributed by atoms with Crippen LogP contribution in [0, 0.1) is 5.82 Å². The van der Waals surface area contributed by atoms with Crippen LogP contribution in [0.1, 0.15) is 37.0 Å². The van der Waals surface area contributed by atoms with Gasteiger partial charge in [-0.2, -0.15) is 9.97 Å². The van der Waals surface area contributed by atoms with Crippen LogP contribution >= 0.6 is 11.6 Å². The minimum Gasteiger partial charge on any atom is -0.368 e. The molecule has 4 nitrogen and oxygen atoms in total. The normalized spacial score (nSPS) is 11.0. The number of rotatable bonds is 3. The lowest BCUT2D eigenvalue weighted by molar-refractivity contribution is 0.627. The van der Waals surface area contributed by atoms with Gasteiger partial charge in [0.2, 0.25) is 5.95 Å². The van der Waals surface area contributed by atoms with E-state index in [-0.39, 0.29) is 17.7 Å². The zero-order valence-corrected chi connectivity index (χ0v) is 11.4. The molecule has 0 aliphatic carbocycles. The quantitative estimate of drug-likeness (QED) is 0.939. The van der Waals surface area contributed by atoms with Crippen molar-refractivity contribution in [2.24, 2.45) is 0 Å². The summed E-state index contributed by atoms with van der Waals surface area (Å²) < 4.78 is 13.0. The number of nitrogen functional groups attached to an aromatic ring is 1. The van der Waals surface area contributed by atoms with E-state index in [0.29, 0.717) is 23.1 Å². The minimum absolute atomic E-state index is 0.160. The van der Waals surface area contributed by atoms with Gasteiger partial charge < -0.3 is 5.73 Å². The number of aromatic nitrogens is 3. The molecule has 2 N–H and O–H groups in total. The van der Waals surface area contributed by atoms with Crippen molar-refractivity contribution in [3.63, 3.8) is 0 Å². The van der Waals surface area contributed by atoms with Gasteiger partial charge in [0.05, 0.1) is 0 Å². The Kier molecular flexibility index (Phi) is 3.95. The van der Waals surface area contributed by atoms with Crippen LogP contribution in [0.5, 0.6) is 0 Å². The van der Waals surface area contributed by atoms with E-state index < -0.39 is 0 Å². The maximum Gasteiger partial charge on any atom is 0.223 e. The SMILES string of the molecule is CC(C)c1nc(N)nc(Cc2ccc(F)cc2Cl)n1. The van der Waals surface area contributed by atoms with Crippen LogP contribution in [-0.2, 0) is 6.42 Å². The van der Waals surface area contributed by atoms with Gasteiger partial charge in [0.15, 0.2) is 0 Å². The maximum absolute atomic E-state index is 13.0. The molecule has 0 radical (unpaired) electrons. The van der Waals surface area contributed by atoms with Crippen molar-refractivity contribution in [2.75, 3.05) is 5.73 Å². The van der Waals surface area contributed by atoms with Crippen molar-refractivity contribution in [3.05, 3.63) is 46.3 Å². The Morgan fingerprint density at radius 1 is 1.26 bits per heavy atom. The van der Waals surface area contributed by atoms with Crippen molar-refractivity contribution >= 4 is 17.5 Å². The van der Waals surface area contributed by atoms with E-state index in [0.717, 1.165) is 5.56 Å². The Morgan fingerprint density at radius 2 is 2.00 bits per heavy atom. The second-order valence-corrected chi connectivity index (χ2v) is 4.94. The van der Waals surface area contributed by atoms with E-state index in [1.807, 2.05) is 13.8 Å². The third kappa shape index (κ3) is 3.38. The summed E-state index contributed by atoms with van der Waals surface area (Å²) in [6.07, 6.45) is 0.394. The molecule has 1 aromatic carbocycles. The summed E-state index contributed by atoms with van der Waals surface area (Å²) in [6, 6.07) is 4.24. The van der Waals surface area contributed by atoms with Gasteiger partial charge in [-0.15, -0.1) is 0 Å². The summed E-state index contributed by atoms with van der Waals surface area (Å²) in [5, 5.41) is 0.352. The molecule has 100 valence electrons. The highest BCUT2D eigenvalue weighted by molar-refractivity contribution is 6.31. The van der Waals surface area contributed by atoms with Gasteiger partial charge in [-0.1, -0.05) is 31.5 Å². The van der Waals surface area contributed by atoms with Gasteiger partial charge in [-0.05, 0) is 17.7 Å². The minimum atomic E-state index is -0.369. The van der Waals surface area contributed by atoms with Gasteiger partial charge in [-0.3, -0.25) is 0 Å². The molecule has 0 fully saturated rings. The second-order valence-electron chi connectivity index (χ2n) is 4.54. The Bertz CT molecular complexity index is 601. The van der Waals surface area contributed by atoms with Gasteiger partial charge in [0, 0.05) is 17.4 Å². The molecule has 0 atom stereocenters. The fourth-order valence-electron chi connectivity index (χ4n) is 1.63. The fraction of sp³-hybridized carbons (Fsp3) is 0.308. The zero-order chi connectivity index (χ0) is 14.0. The summed E-state index contributed by atoms with van der Waals surface area (Å²) >= 11 is 5.98. The zero-order valence-electron chi connectivity index (χ0n) is 10.7. The molecule has 0 bridgehead atoms. The average Bonchev–Trinajstić information content (AvgIpc) is 2.32. The van der Waals surface area contributed by atoms with Crippen LogP contribution in [-0.4, -0.2) is 15.0 Å². The smallest absolute Gasteiger partial charge is 0.223 e. The van der Waals surface area contributed by atoms with Crippen molar-refractivity contribution < 1.29 is 4.39 Å². The number of hydrogen-bond acceptors (Lipinski definition) is 4. The van der Waals surface area contributed by atoms with E-state index in [1.54, 1.807) is 6.07 Å². The molecule has 2 aromatic rings. The van der Waals surface area contributed by atoms with Gasteiger partial charge in [0.1, 0.15) is 17.5 Å². The van der Waals surface area contributed by atoms with Gasteiger partial charge in [-0.25, -0.2) is 9.37 Å². The highest BCUT2D eigenvalue weighted by atomic mass is 35.5. The van der Waals surface area contributed by atoms with Crippen LogP contribution in [0.4, 0.5) is 10.3 Å². The van der Waals surface area contributed by atoms with Crippen molar-refractivity contribution in [3.8, 4) is 0 Å². The van der Waals surface area contributed by atoms with E-state index in [1.165, 1.54) is 12.1 Å². The Labute approximate surface area is 115 Å². The summed E-state index contributed by atoms with van der Waals surface area (Å²) in [6.45, 7) is 3.95. The third-order valence-corrected chi connectivity index (χ3v) is 2.95. The van der Waals surface area contributed by atoms with Crippen LogP contribution in [0.3, 0.4) is 0 Å². The highest BCUT2D eigenvalue weighted by Gasteiger charge is 2.10. The Balaban J connectivity index is 2.32. The van der Waals surface area contributed by atoms with Crippen molar-refractivity contribution in [1.82, 2.24) is 15.0 Å². The molecule has 0 unspecified atom stereocenters. The molecule has 1 heterocycles. The van der Waals surface area contributed by atoms with Crippen molar-refractivity contribution in [2.45, 2.75) is 26.2 Å². The molecule has 6 heteroatoms. The van der Waals surface area contributed by atoms with Gasteiger partial charge >= 0.3 is 0 Å². The van der Waals surface area contributed by atoms with Crippen LogP contribution in [0.25, 0.3) is 0 Å². The number of nitrogens with two attached hydrogens (primary N) is 1. The third-order valence-electron chi connectivity index (χ3n) is 2.60. The highest BCUT2D eigenvalue weighted by Crippen LogP contribution is 2.20. The molecule has 0 saturated carbocycles. The molecular formula is C13H14ClFN4. The summed E-state index contributed by atoms with van der Waals surface area (Å²) in [7, 11) is 0. The first-order valence-corrected chi connectivity index (χ1v) is 6.27. The number of benzene rings is 1. The molecule has 0 saturated heterocycles. The largest absolute Gasteiger partial charge is 0.368 e. The monoisotopic (exact) mass is 280 g/mol. The molecule has 1 aromatic heterocycles.